The molecule has 0 aromatic carbocycles. The van der Waals surface area contributed by atoms with Crippen LogP contribution in [-0.2, 0) is 9.84 Å². The van der Waals surface area contributed by atoms with Crippen molar-refractivity contribution in [2.75, 3.05) is 44.3 Å². The highest BCUT2D eigenvalue weighted by Gasteiger charge is 2.40. The van der Waals surface area contributed by atoms with Crippen molar-refractivity contribution in [3.8, 4) is 0 Å². The standard InChI is InChI=1S/C15H25N5O2S/c1-15(2)12-20(10-11-23(15,21)22)14(16-3)19-9-8-18-13-4-6-17-7-5-13/h4-7H,8-12H2,1-3H3,(H,16,19)(H,17,18). The van der Waals surface area contributed by atoms with Crippen molar-refractivity contribution in [3.63, 3.8) is 0 Å². The molecule has 7 nitrogen and oxygen atoms in total. The van der Waals surface area contributed by atoms with Gasteiger partial charge in [-0.05, 0) is 26.0 Å². The number of hydrogen-bond acceptors (Lipinski definition) is 5. The second-order valence-corrected chi connectivity index (χ2v) is 8.88. The molecule has 1 saturated heterocycles. The second kappa shape index (κ2) is 7.16. The van der Waals surface area contributed by atoms with E-state index in [-0.39, 0.29) is 5.75 Å². The van der Waals surface area contributed by atoms with Crippen LogP contribution >= 0.6 is 0 Å². The number of guanidine groups is 1. The van der Waals surface area contributed by atoms with E-state index in [2.05, 4.69) is 20.6 Å². The van der Waals surface area contributed by atoms with Crippen molar-refractivity contribution in [1.82, 2.24) is 15.2 Å². The number of nitrogens with one attached hydrogen (secondary N) is 2. The Morgan fingerprint density at radius 3 is 2.65 bits per heavy atom. The predicted octanol–water partition coefficient (Wildman–Crippen LogP) is 0.578. The zero-order valence-electron chi connectivity index (χ0n) is 13.9. The van der Waals surface area contributed by atoms with E-state index in [9.17, 15) is 8.42 Å². The van der Waals surface area contributed by atoms with Crippen molar-refractivity contribution in [3.05, 3.63) is 24.5 Å². The first-order valence-corrected chi connectivity index (χ1v) is 9.33. The summed E-state index contributed by atoms with van der Waals surface area (Å²) in [4.78, 5) is 10.2. The third kappa shape index (κ3) is 4.34. The Hall–Kier alpha value is -1.83. The van der Waals surface area contributed by atoms with Gasteiger partial charge in [-0.25, -0.2) is 8.42 Å². The average molecular weight is 339 g/mol. The lowest BCUT2D eigenvalue weighted by Crippen LogP contribution is -2.57. The van der Waals surface area contributed by atoms with E-state index in [1.165, 1.54) is 0 Å². The van der Waals surface area contributed by atoms with Crippen molar-refractivity contribution in [2.24, 2.45) is 4.99 Å². The highest BCUT2D eigenvalue weighted by molar-refractivity contribution is 7.92. The van der Waals surface area contributed by atoms with Crippen LogP contribution in [0.4, 0.5) is 5.69 Å². The van der Waals surface area contributed by atoms with Crippen molar-refractivity contribution in [2.45, 2.75) is 18.6 Å². The highest BCUT2D eigenvalue weighted by atomic mass is 32.2. The van der Waals surface area contributed by atoms with Crippen LogP contribution in [0.5, 0.6) is 0 Å². The maximum atomic E-state index is 12.1. The molecule has 0 unspecified atom stereocenters. The minimum Gasteiger partial charge on any atom is -0.383 e. The Bertz CT molecular complexity index is 643. The number of hydrogen-bond donors (Lipinski definition) is 2. The summed E-state index contributed by atoms with van der Waals surface area (Å²) in [5.41, 5.74) is 1.02. The van der Waals surface area contributed by atoms with E-state index in [1.807, 2.05) is 17.0 Å². The molecular formula is C15H25N5O2S. The van der Waals surface area contributed by atoms with Gasteiger partial charge in [-0.3, -0.25) is 9.98 Å². The first-order chi connectivity index (χ1) is 10.9. The van der Waals surface area contributed by atoms with E-state index >= 15 is 0 Å². The van der Waals surface area contributed by atoms with Gasteiger partial charge in [0.05, 0.1) is 10.5 Å². The molecule has 0 bridgehead atoms. The second-order valence-electron chi connectivity index (χ2n) is 6.14. The number of nitrogens with zero attached hydrogens (tertiary/aromatic N) is 3. The highest BCUT2D eigenvalue weighted by Crippen LogP contribution is 2.23. The summed E-state index contributed by atoms with van der Waals surface area (Å²) in [6, 6.07) is 3.82. The Labute approximate surface area is 138 Å². The molecule has 0 spiro atoms. The lowest BCUT2D eigenvalue weighted by molar-refractivity contribution is 0.354. The zero-order chi connectivity index (χ0) is 16.9. The first kappa shape index (κ1) is 17.5. The Morgan fingerprint density at radius 1 is 1.35 bits per heavy atom. The van der Waals surface area contributed by atoms with Gasteiger partial charge in [0.2, 0.25) is 0 Å². The fourth-order valence-corrected chi connectivity index (χ4v) is 3.87. The molecule has 1 aromatic rings. The summed E-state index contributed by atoms with van der Waals surface area (Å²) < 4.78 is 23.4. The van der Waals surface area contributed by atoms with Gasteiger partial charge in [-0.1, -0.05) is 0 Å². The molecular weight excluding hydrogens is 314 g/mol. The molecule has 0 atom stereocenters. The molecule has 1 fully saturated rings. The summed E-state index contributed by atoms with van der Waals surface area (Å²) in [7, 11) is -1.32. The van der Waals surface area contributed by atoms with Gasteiger partial charge in [0, 0.05) is 51.3 Å². The van der Waals surface area contributed by atoms with Crippen LogP contribution in [0.2, 0.25) is 0 Å². The molecule has 1 aliphatic rings. The van der Waals surface area contributed by atoms with Gasteiger partial charge in [0.15, 0.2) is 15.8 Å². The van der Waals surface area contributed by atoms with E-state index in [0.29, 0.717) is 19.6 Å². The fourth-order valence-electron chi connectivity index (χ4n) is 2.51. The normalized spacial score (nSPS) is 20.1. The van der Waals surface area contributed by atoms with Gasteiger partial charge in [-0.15, -0.1) is 0 Å². The van der Waals surface area contributed by atoms with Crippen LogP contribution in [0.15, 0.2) is 29.5 Å². The monoisotopic (exact) mass is 339 g/mol. The first-order valence-electron chi connectivity index (χ1n) is 7.67. The third-order valence-corrected chi connectivity index (χ3v) is 6.51. The van der Waals surface area contributed by atoms with Crippen LogP contribution in [0.3, 0.4) is 0 Å². The van der Waals surface area contributed by atoms with Crippen LogP contribution in [0.1, 0.15) is 13.8 Å². The minimum atomic E-state index is -3.04. The van der Waals surface area contributed by atoms with E-state index in [0.717, 1.165) is 18.2 Å². The summed E-state index contributed by atoms with van der Waals surface area (Å²) in [6.07, 6.45) is 3.48. The number of aliphatic imine (C=N–C) groups is 1. The quantitative estimate of drug-likeness (QED) is 0.474. The SMILES string of the molecule is CN=C(NCCNc1ccncc1)N1CCS(=O)(=O)C(C)(C)C1. The molecule has 1 aromatic heterocycles. The molecule has 0 saturated carbocycles. The van der Waals surface area contributed by atoms with Crippen molar-refractivity contribution in [1.29, 1.82) is 0 Å². The average Bonchev–Trinajstić information content (AvgIpc) is 2.51. The van der Waals surface area contributed by atoms with Gasteiger partial charge >= 0.3 is 0 Å². The molecule has 2 heterocycles. The molecule has 23 heavy (non-hydrogen) atoms. The van der Waals surface area contributed by atoms with Crippen LogP contribution in [-0.4, -0.2) is 68.0 Å². The third-order valence-electron chi connectivity index (χ3n) is 3.97. The smallest absolute Gasteiger partial charge is 0.193 e. The van der Waals surface area contributed by atoms with Gasteiger partial charge in [0.25, 0.3) is 0 Å². The fraction of sp³-hybridized carbons (Fsp3) is 0.600. The zero-order valence-corrected chi connectivity index (χ0v) is 14.7. The van der Waals surface area contributed by atoms with Crippen molar-refractivity contribution < 1.29 is 8.42 Å². The van der Waals surface area contributed by atoms with Gasteiger partial charge < -0.3 is 15.5 Å². The summed E-state index contributed by atoms with van der Waals surface area (Å²) >= 11 is 0. The maximum absolute atomic E-state index is 12.1. The lowest BCUT2D eigenvalue weighted by atomic mass is 10.2. The number of aromatic nitrogens is 1. The molecule has 128 valence electrons. The maximum Gasteiger partial charge on any atom is 0.193 e. The Morgan fingerprint density at radius 2 is 2.04 bits per heavy atom. The summed E-state index contributed by atoms with van der Waals surface area (Å²) in [6.45, 7) is 5.90. The van der Waals surface area contributed by atoms with E-state index in [4.69, 9.17) is 0 Å². The van der Waals surface area contributed by atoms with E-state index in [1.54, 1.807) is 33.3 Å². The van der Waals surface area contributed by atoms with Crippen LogP contribution in [0, 0.1) is 0 Å². The predicted molar refractivity (Wildman–Crippen MR) is 93.5 cm³/mol. The molecule has 2 N–H and O–H groups in total. The largest absolute Gasteiger partial charge is 0.383 e. The number of anilines is 1. The molecule has 2 rings (SSSR count). The number of sulfone groups is 1. The molecule has 0 amide bonds. The number of pyridine rings is 1. The summed E-state index contributed by atoms with van der Waals surface area (Å²) in [5, 5.41) is 6.56. The van der Waals surface area contributed by atoms with Crippen LogP contribution < -0.4 is 10.6 Å². The lowest BCUT2D eigenvalue weighted by Gasteiger charge is -2.39. The topological polar surface area (TPSA) is 86.7 Å². The van der Waals surface area contributed by atoms with E-state index < -0.39 is 14.6 Å². The number of rotatable bonds is 4. The molecule has 8 heteroatoms. The van der Waals surface area contributed by atoms with Gasteiger partial charge in [-0.2, -0.15) is 0 Å². The van der Waals surface area contributed by atoms with Gasteiger partial charge in [0.1, 0.15) is 0 Å². The molecule has 0 radical (unpaired) electrons. The minimum absolute atomic E-state index is 0.163. The Balaban J connectivity index is 1.84. The molecule has 1 aliphatic heterocycles. The molecule has 0 aliphatic carbocycles. The summed E-state index contributed by atoms with van der Waals surface area (Å²) in [5.74, 6) is 0.903. The Kier molecular flexibility index (Phi) is 5.46. The van der Waals surface area contributed by atoms with Crippen molar-refractivity contribution >= 4 is 21.5 Å². The van der Waals surface area contributed by atoms with Crippen LogP contribution in [0.25, 0.3) is 0 Å².